The van der Waals surface area contributed by atoms with E-state index in [1.165, 1.54) is 11.1 Å². The zero-order valence-electron chi connectivity index (χ0n) is 31.8. The minimum atomic E-state index is -0.469. The Balaban J connectivity index is 1.17. The molecule has 2 fully saturated rings. The van der Waals surface area contributed by atoms with Crippen LogP contribution in [0.15, 0.2) is 77.4 Å². The van der Waals surface area contributed by atoms with E-state index in [4.69, 9.17) is 28.3 Å². The molecule has 52 heavy (non-hydrogen) atoms. The number of pyridine rings is 1. The molecule has 7 nitrogen and oxygen atoms in total. The lowest BCUT2D eigenvalue weighted by Gasteiger charge is -2.34. The first-order valence-corrected chi connectivity index (χ1v) is 19.2. The van der Waals surface area contributed by atoms with Crippen molar-refractivity contribution in [2.75, 3.05) is 13.2 Å². The summed E-state index contributed by atoms with van der Waals surface area (Å²) in [5, 5.41) is 2.14. The number of esters is 1. The minimum Gasteiger partial charge on any atom is -0.494 e. The summed E-state index contributed by atoms with van der Waals surface area (Å²) in [5.41, 5.74) is 5.36. The summed E-state index contributed by atoms with van der Waals surface area (Å²) in [7, 11) is 0. The summed E-state index contributed by atoms with van der Waals surface area (Å²) in [5.74, 6) is 1.77. The average molecular weight is 706 g/mol. The van der Waals surface area contributed by atoms with Crippen LogP contribution in [0.3, 0.4) is 0 Å². The third kappa shape index (κ3) is 8.01. The Hall–Kier alpha value is -3.94. The SMILES string of the molecule is C=CCOCc1cc2c(oc3ccccc32)c(C2C[C@@H](OC3=Cc4ccccc4C3C3CCC(C(=O)OC(C)(C)C)CC3)C[C@H]2COC(C)(C)C)n1. The van der Waals surface area contributed by atoms with E-state index >= 15 is 0 Å². The summed E-state index contributed by atoms with van der Waals surface area (Å²) in [6, 6.07) is 19.0. The zero-order valence-corrected chi connectivity index (χ0v) is 31.8. The lowest BCUT2D eigenvalue weighted by Crippen LogP contribution is -2.32. The molecule has 2 unspecified atom stereocenters. The number of rotatable bonds is 11. The highest BCUT2D eigenvalue weighted by Gasteiger charge is 2.43. The summed E-state index contributed by atoms with van der Waals surface area (Å²) >= 11 is 0. The molecule has 7 rings (SSSR count). The molecular formula is C45H55NO6. The molecule has 0 radical (unpaired) electrons. The van der Waals surface area contributed by atoms with Crippen molar-refractivity contribution >= 4 is 34.0 Å². The smallest absolute Gasteiger partial charge is 0.309 e. The summed E-state index contributed by atoms with van der Waals surface area (Å²) in [6.45, 7) is 17.4. The molecule has 276 valence electrons. The Morgan fingerprint density at radius 1 is 0.942 bits per heavy atom. The molecule has 0 aliphatic heterocycles. The molecule has 0 N–H and O–H groups in total. The van der Waals surface area contributed by atoms with Gasteiger partial charge in [-0.3, -0.25) is 9.78 Å². The van der Waals surface area contributed by atoms with Gasteiger partial charge in [0.1, 0.15) is 16.9 Å². The monoisotopic (exact) mass is 705 g/mol. The van der Waals surface area contributed by atoms with Gasteiger partial charge in [0.2, 0.25) is 0 Å². The number of para-hydroxylation sites is 1. The number of fused-ring (bicyclic) bond motifs is 4. The number of nitrogens with zero attached hydrogens (tertiary/aromatic N) is 1. The second-order valence-corrected chi connectivity index (χ2v) is 17.1. The van der Waals surface area contributed by atoms with Gasteiger partial charge in [-0.15, -0.1) is 6.58 Å². The van der Waals surface area contributed by atoms with Crippen molar-refractivity contribution in [1.29, 1.82) is 0 Å². The van der Waals surface area contributed by atoms with Crippen molar-refractivity contribution in [3.8, 4) is 0 Å². The fourth-order valence-electron chi connectivity index (χ4n) is 8.60. The van der Waals surface area contributed by atoms with Crippen LogP contribution in [-0.2, 0) is 30.3 Å². The highest BCUT2D eigenvalue weighted by Crippen LogP contribution is 2.51. The van der Waals surface area contributed by atoms with Crippen molar-refractivity contribution in [2.45, 2.75) is 116 Å². The van der Waals surface area contributed by atoms with Crippen molar-refractivity contribution in [3.63, 3.8) is 0 Å². The Kier molecular flexibility index (Phi) is 10.4. The van der Waals surface area contributed by atoms with Crippen molar-refractivity contribution < 1.29 is 28.2 Å². The maximum absolute atomic E-state index is 13.0. The molecule has 4 aromatic rings. The Labute approximate surface area is 308 Å². The first-order chi connectivity index (χ1) is 24.9. The maximum Gasteiger partial charge on any atom is 0.309 e. The van der Waals surface area contributed by atoms with E-state index in [1.54, 1.807) is 6.08 Å². The Morgan fingerprint density at radius 2 is 1.69 bits per heavy atom. The van der Waals surface area contributed by atoms with Gasteiger partial charge < -0.3 is 23.4 Å². The third-order valence-corrected chi connectivity index (χ3v) is 10.9. The van der Waals surface area contributed by atoms with Crippen LogP contribution >= 0.6 is 0 Å². The quantitative estimate of drug-likeness (QED) is 0.0873. The van der Waals surface area contributed by atoms with Gasteiger partial charge in [0.15, 0.2) is 5.58 Å². The summed E-state index contributed by atoms with van der Waals surface area (Å²) < 4.78 is 31.9. The molecule has 4 atom stereocenters. The topological polar surface area (TPSA) is 80.0 Å². The Bertz CT molecular complexity index is 1930. The summed E-state index contributed by atoms with van der Waals surface area (Å²) in [4.78, 5) is 18.2. The minimum absolute atomic E-state index is 0.0124. The van der Waals surface area contributed by atoms with Crippen LogP contribution in [0, 0.1) is 17.8 Å². The van der Waals surface area contributed by atoms with Crippen LogP contribution in [0.4, 0.5) is 0 Å². The number of aromatic nitrogens is 1. The fourth-order valence-corrected chi connectivity index (χ4v) is 8.60. The van der Waals surface area contributed by atoms with Gasteiger partial charge in [-0.25, -0.2) is 0 Å². The van der Waals surface area contributed by atoms with Crippen molar-refractivity contribution in [1.82, 2.24) is 4.98 Å². The highest BCUT2D eigenvalue weighted by atomic mass is 16.6. The molecular weight excluding hydrogens is 650 g/mol. The molecule has 2 aromatic heterocycles. The normalized spacial score (nSPS) is 24.9. The second-order valence-electron chi connectivity index (χ2n) is 17.1. The lowest BCUT2D eigenvalue weighted by molar-refractivity contribution is -0.161. The lowest BCUT2D eigenvalue weighted by atomic mass is 9.73. The van der Waals surface area contributed by atoms with Gasteiger partial charge >= 0.3 is 5.97 Å². The number of hydrogen-bond donors (Lipinski definition) is 0. The molecule has 0 amide bonds. The first-order valence-electron chi connectivity index (χ1n) is 19.2. The molecule has 2 aromatic carbocycles. The van der Waals surface area contributed by atoms with Crippen LogP contribution in [0.25, 0.3) is 28.0 Å². The van der Waals surface area contributed by atoms with Gasteiger partial charge in [-0.05, 0) is 121 Å². The van der Waals surface area contributed by atoms with Crippen LogP contribution in [0.1, 0.15) is 114 Å². The maximum atomic E-state index is 13.0. The van der Waals surface area contributed by atoms with E-state index in [0.717, 1.165) is 77.6 Å². The molecule has 0 bridgehead atoms. The van der Waals surface area contributed by atoms with Crippen LogP contribution in [0.5, 0.6) is 0 Å². The van der Waals surface area contributed by atoms with Crippen molar-refractivity contribution in [2.24, 2.45) is 17.8 Å². The number of carbonyl (C=O) groups excluding carboxylic acids is 1. The highest BCUT2D eigenvalue weighted by molar-refractivity contribution is 6.05. The number of furan rings is 1. The predicted octanol–water partition coefficient (Wildman–Crippen LogP) is 10.7. The number of benzene rings is 2. The Morgan fingerprint density at radius 3 is 2.44 bits per heavy atom. The fraction of sp³-hybridized carbons (Fsp3) is 0.511. The van der Waals surface area contributed by atoms with E-state index in [1.807, 2.05) is 32.9 Å². The first kappa shape index (κ1) is 36.4. The predicted molar refractivity (Wildman–Crippen MR) is 206 cm³/mol. The van der Waals surface area contributed by atoms with Crippen LogP contribution in [-0.4, -0.2) is 41.5 Å². The van der Waals surface area contributed by atoms with E-state index in [0.29, 0.717) is 25.7 Å². The van der Waals surface area contributed by atoms with Crippen molar-refractivity contribution in [3.05, 3.63) is 95.5 Å². The number of carbonyl (C=O) groups is 1. The molecule has 7 heteroatoms. The van der Waals surface area contributed by atoms with Gasteiger partial charge in [-0.1, -0.05) is 48.5 Å². The average Bonchev–Trinajstić information content (AvgIpc) is 3.79. The van der Waals surface area contributed by atoms with Gasteiger partial charge in [0, 0.05) is 22.6 Å². The van der Waals surface area contributed by atoms with E-state index in [-0.39, 0.29) is 41.3 Å². The number of allylic oxidation sites excluding steroid dienone is 1. The zero-order chi connectivity index (χ0) is 36.6. The van der Waals surface area contributed by atoms with E-state index < -0.39 is 5.60 Å². The number of hydrogen-bond acceptors (Lipinski definition) is 7. The largest absolute Gasteiger partial charge is 0.494 e. The number of ether oxygens (including phenoxy) is 4. The standard InChI is InChI=1S/C45H55NO6/c1-8-21-48-27-32-24-37-35-15-11-12-16-38(35)51-42(37)41(46-32)36-25-33(22-31(36)26-49-44(2,3)4)50-39-23-30-13-9-10-14-34(30)40(39)28-17-19-29(20-18-28)43(47)52-45(5,6)7/h8-16,23-24,28-29,31,33,36,40H,1,17-22,25-27H2,2-7H3/t28?,29?,31-,33-,36?,40?/m0/s1. The van der Waals surface area contributed by atoms with E-state index in [2.05, 4.69) is 75.9 Å². The molecule has 3 aliphatic rings. The van der Waals surface area contributed by atoms with E-state index in [9.17, 15) is 4.79 Å². The molecule has 0 saturated heterocycles. The second kappa shape index (κ2) is 14.8. The third-order valence-electron chi connectivity index (χ3n) is 10.9. The van der Waals surface area contributed by atoms with Crippen LogP contribution < -0.4 is 0 Å². The van der Waals surface area contributed by atoms with Gasteiger partial charge in [-0.2, -0.15) is 0 Å². The van der Waals surface area contributed by atoms with Gasteiger partial charge in [0.25, 0.3) is 0 Å². The van der Waals surface area contributed by atoms with Gasteiger partial charge in [0.05, 0.1) is 48.8 Å². The summed E-state index contributed by atoms with van der Waals surface area (Å²) in [6.07, 6.45) is 9.29. The van der Waals surface area contributed by atoms with Crippen LogP contribution in [0.2, 0.25) is 0 Å². The molecule has 0 spiro atoms. The molecule has 2 heterocycles. The molecule has 2 saturated carbocycles. The molecule has 3 aliphatic carbocycles.